The molecule has 19 heavy (non-hydrogen) atoms. The molecule has 1 N–H and O–H groups in total. The highest BCUT2D eigenvalue weighted by Gasteiger charge is 2.21. The Labute approximate surface area is 116 Å². The van der Waals surface area contributed by atoms with E-state index in [4.69, 9.17) is 0 Å². The maximum absolute atomic E-state index is 12.3. The zero-order valence-corrected chi connectivity index (χ0v) is 11.9. The third kappa shape index (κ3) is 2.90. The zero-order chi connectivity index (χ0) is 13.8. The van der Waals surface area contributed by atoms with Crippen LogP contribution in [-0.2, 0) is 0 Å². The van der Waals surface area contributed by atoms with Crippen molar-refractivity contribution >= 4 is 23.1 Å². The number of carbonyl (C=O) groups is 1. The number of nitrogens with one attached hydrogen (secondary N) is 1. The number of rotatable bonds is 4. The molecule has 0 spiro atoms. The average Bonchev–Trinajstić information content (AvgIpc) is 2.99. The lowest BCUT2D eigenvalue weighted by atomic mass is 10.2. The molecule has 0 aromatic carbocycles. The third-order valence-corrected chi connectivity index (χ3v) is 4.01. The van der Waals surface area contributed by atoms with E-state index in [9.17, 15) is 4.79 Å². The lowest BCUT2D eigenvalue weighted by molar-refractivity contribution is 0.0738. The first kappa shape index (κ1) is 13.5. The molecule has 0 radical (unpaired) electrons. The summed E-state index contributed by atoms with van der Waals surface area (Å²) in [5.74, 6) is 0.452. The number of anilines is 1. The summed E-state index contributed by atoms with van der Waals surface area (Å²) in [5.41, 5.74) is 0.345. The molecule has 1 amide bonds. The van der Waals surface area contributed by atoms with Gasteiger partial charge in [-0.05, 0) is 18.4 Å². The number of hydrogen-bond donors (Lipinski definition) is 1. The molecular weight excluding hydrogens is 260 g/mol. The third-order valence-electron chi connectivity index (χ3n) is 2.97. The Bertz CT molecular complexity index is 556. The molecule has 0 aliphatic heterocycles. The summed E-state index contributed by atoms with van der Waals surface area (Å²) >= 11 is 1.64. The smallest absolute Gasteiger partial charge is 0.274 e. The maximum atomic E-state index is 12.3. The van der Waals surface area contributed by atoms with Crippen molar-refractivity contribution in [1.82, 2.24) is 14.9 Å². The largest absolute Gasteiger partial charge is 0.372 e. The second-order valence-electron chi connectivity index (χ2n) is 4.15. The minimum absolute atomic E-state index is 0.0209. The minimum atomic E-state index is -0.134. The van der Waals surface area contributed by atoms with E-state index in [2.05, 4.69) is 15.3 Å². The molecule has 2 heterocycles. The van der Waals surface area contributed by atoms with E-state index in [0.29, 0.717) is 11.5 Å². The number of thiophene rings is 1. The normalized spacial score (nSPS) is 11.9. The molecule has 2 aromatic rings. The molecule has 0 aliphatic rings. The Morgan fingerprint density at radius 2 is 2.26 bits per heavy atom. The molecule has 0 saturated carbocycles. The second-order valence-corrected chi connectivity index (χ2v) is 5.13. The van der Waals surface area contributed by atoms with Gasteiger partial charge in [0.25, 0.3) is 5.91 Å². The quantitative estimate of drug-likeness (QED) is 0.931. The Hall–Kier alpha value is -1.95. The summed E-state index contributed by atoms with van der Waals surface area (Å²) < 4.78 is 0. The van der Waals surface area contributed by atoms with Crippen LogP contribution < -0.4 is 5.32 Å². The van der Waals surface area contributed by atoms with Crippen molar-refractivity contribution in [2.24, 2.45) is 0 Å². The van der Waals surface area contributed by atoms with Crippen LogP contribution in [0, 0.1) is 0 Å². The van der Waals surface area contributed by atoms with E-state index < -0.39 is 0 Å². The predicted molar refractivity (Wildman–Crippen MR) is 76.4 cm³/mol. The number of hydrogen-bond acceptors (Lipinski definition) is 5. The topological polar surface area (TPSA) is 58.1 Å². The summed E-state index contributed by atoms with van der Waals surface area (Å²) in [6.07, 6.45) is 3.07. The van der Waals surface area contributed by atoms with Gasteiger partial charge in [0.15, 0.2) is 0 Å². The van der Waals surface area contributed by atoms with E-state index in [-0.39, 0.29) is 11.9 Å². The van der Waals surface area contributed by atoms with Gasteiger partial charge in [0.2, 0.25) is 0 Å². The van der Waals surface area contributed by atoms with Crippen molar-refractivity contribution in [3.8, 4) is 0 Å². The molecule has 5 nitrogen and oxygen atoms in total. The molecule has 0 bridgehead atoms. The SMILES string of the molecule is CNc1cncc(C(=O)N(C)C(C)c2cccs2)n1. The Kier molecular flexibility index (Phi) is 4.11. The molecule has 6 heteroatoms. The summed E-state index contributed by atoms with van der Waals surface area (Å²) in [6.45, 7) is 2.00. The fraction of sp³-hybridized carbons (Fsp3) is 0.308. The summed E-state index contributed by atoms with van der Waals surface area (Å²) in [5, 5.41) is 4.88. The van der Waals surface area contributed by atoms with Gasteiger partial charge in [-0.25, -0.2) is 4.98 Å². The van der Waals surface area contributed by atoms with Gasteiger partial charge in [0.1, 0.15) is 11.5 Å². The molecule has 0 fully saturated rings. The van der Waals surface area contributed by atoms with Crippen molar-refractivity contribution in [2.45, 2.75) is 13.0 Å². The number of amides is 1. The summed E-state index contributed by atoms with van der Waals surface area (Å²) in [7, 11) is 3.52. The highest BCUT2D eigenvalue weighted by Crippen LogP contribution is 2.24. The fourth-order valence-corrected chi connectivity index (χ4v) is 2.49. The number of carbonyl (C=O) groups excluding carboxylic acids is 1. The van der Waals surface area contributed by atoms with E-state index in [0.717, 1.165) is 4.88 Å². The van der Waals surface area contributed by atoms with Crippen molar-refractivity contribution in [3.05, 3.63) is 40.5 Å². The van der Waals surface area contributed by atoms with Gasteiger partial charge in [-0.1, -0.05) is 6.07 Å². The lowest BCUT2D eigenvalue weighted by Gasteiger charge is -2.23. The molecule has 0 aliphatic carbocycles. The van der Waals surface area contributed by atoms with Crippen LogP contribution in [0.2, 0.25) is 0 Å². The predicted octanol–water partition coefficient (Wildman–Crippen LogP) is 2.41. The number of nitrogens with zero attached hydrogens (tertiary/aromatic N) is 3. The van der Waals surface area contributed by atoms with Gasteiger partial charge >= 0.3 is 0 Å². The van der Waals surface area contributed by atoms with Crippen LogP contribution >= 0.6 is 11.3 Å². The highest BCUT2D eigenvalue weighted by molar-refractivity contribution is 7.10. The zero-order valence-electron chi connectivity index (χ0n) is 11.1. The summed E-state index contributed by atoms with van der Waals surface area (Å²) in [6, 6.07) is 4.03. The Morgan fingerprint density at radius 3 is 2.89 bits per heavy atom. The molecule has 100 valence electrons. The van der Waals surface area contributed by atoms with Crippen LogP contribution in [0.4, 0.5) is 5.82 Å². The lowest BCUT2D eigenvalue weighted by Crippen LogP contribution is -2.30. The van der Waals surface area contributed by atoms with Gasteiger partial charge in [-0.2, -0.15) is 0 Å². The first-order valence-corrected chi connectivity index (χ1v) is 6.81. The van der Waals surface area contributed by atoms with Crippen molar-refractivity contribution in [1.29, 1.82) is 0 Å². The van der Waals surface area contributed by atoms with E-state index >= 15 is 0 Å². The van der Waals surface area contributed by atoms with E-state index in [1.54, 1.807) is 36.5 Å². The first-order valence-electron chi connectivity index (χ1n) is 5.94. The fourth-order valence-electron chi connectivity index (χ4n) is 1.67. The van der Waals surface area contributed by atoms with Crippen LogP contribution in [0.25, 0.3) is 0 Å². The Morgan fingerprint density at radius 1 is 1.47 bits per heavy atom. The van der Waals surface area contributed by atoms with Crippen LogP contribution in [0.1, 0.15) is 28.3 Å². The van der Waals surface area contributed by atoms with Crippen molar-refractivity contribution < 1.29 is 4.79 Å². The molecule has 1 unspecified atom stereocenters. The highest BCUT2D eigenvalue weighted by atomic mass is 32.1. The minimum Gasteiger partial charge on any atom is -0.372 e. The molecular formula is C13H16N4OS. The first-order chi connectivity index (χ1) is 9.13. The van der Waals surface area contributed by atoms with E-state index in [1.807, 2.05) is 24.4 Å². The average molecular weight is 276 g/mol. The van der Waals surface area contributed by atoms with Crippen LogP contribution in [0.3, 0.4) is 0 Å². The van der Waals surface area contributed by atoms with Gasteiger partial charge in [-0.15, -0.1) is 11.3 Å². The molecule has 1 atom stereocenters. The Balaban J connectivity index is 2.18. The second kappa shape index (κ2) is 5.79. The van der Waals surface area contributed by atoms with Crippen LogP contribution in [0.15, 0.2) is 29.9 Å². The monoisotopic (exact) mass is 276 g/mol. The summed E-state index contributed by atoms with van der Waals surface area (Å²) in [4.78, 5) is 23.4. The van der Waals surface area contributed by atoms with Gasteiger partial charge in [-0.3, -0.25) is 9.78 Å². The van der Waals surface area contributed by atoms with Crippen LogP contribution in [0.5, 0.6) is 0 Å². The number of aromatic nitrogens is 2. The standard InChI is InChI=1S/C13H16N4OS/c1-9(11-5-4-6-19-11)17(3)13(18)10-7-15-8-12(14-2)16-10/h4-9H,1-3H3,(H,14,16). The van der Waals surface area contributed by atoms with Crippen molar-refractivity contribution in [3.63, 3.8) is 0 Å². The van der Waals surface area contributed by atoms with Crippen molar-refractivity contribution in [2.75, 3.05) is 19.4 Å². The molecule has 2 rings (SSSR count). The van der Waals surface area contributed by atoms with Crippen LogP contribution in [-0.4, -0.2) is 34.9 Å². The molecule has 2 aromatic heterocycles. The van der Waals surface area contributed by atoms with Gasteiger partial charge < -0.3 is 10.2 Å². The van der Waals surface area contributed by atoms with Gasteiger partial charge in [0.05, 0.1) is 18.4 Å². The maximum Gasteiger partial charge on any atom is 0.274 e. The van der Waals surface area contributed by atoms with Gasteiger partial charge in [0, 0.05) is 19.0 Å². The van der Waals surface area contributed by atoms with E-state index in [1.165, 1.54) is 6.20 Å². The molecule has 0 saturated heterocycles.